The summed E-state index contributed by atoms with van der Waals surface area (Å²) in [6, 6.07) is 5.51. The summed E-state index contributed by atoms with van der Waals surface area (Å²) in [6.07, 6.45) is 6.55. The summed E-state index contributed by atoms with van der Waals surface area (Å²) >= 11 is 6.12. The Morgan fingerprint density at radius 3 is 2.89 bits per heavy atom. The van der Waals surface area contributed by atoms with Gasteiger partial charge in [0, 0.05) is 17.6 Å². The Morgan fingerprint density at radius 2 is 2.07 bits per heavy atom. The van der Waals surface area contributed by atoms with Crippen LogP contribution in [0.25, 0.3) is 11.1 Å². The highest BCUT2D eigenvalue weighted by Crippen LogP contribution is 2.27. The van der Waals surface area contributed by atoms with Crippen LogP contribution in [0.4, 0.5) is 0 Å². The Hall–Kier alpha value is -1.79. The Balaban J connectivity index is 1.43. The van der Waals surface area contributed by atoms with Crippen LogP contribution in [0.2, 0.25) is 5.02 Å². The number of hydrogen-bond donors (Lipinski definition) is 1. The van der Waals surface area contributed by atoms with Gasteiger partial charge in [0.15, 0.2) is 5.58 Å². The molecule has 1 saturated heterocycles. The fourth-order valence-electron chi connectivity index (χ4n) is 4.72. The zero-order valence-electron chi connectivity index (χ0n) is 16.3. The molecule has 28 heavy (non-hydrogen) atoms. The molecule has 1 aliphatic carbocycles. The Morgan fingerprint density at radius 1 is 1.25 bits per heavy atom. The molecule has 4 rings (SSSR count). The van der Waals surface area contributed by atoms with E-state index in [4.69, 9.17) is 16.0 Å². The number of carbonyl (C=O) groups is 1. The van der Waals surface area contributed by atoms with E-state index in [0.29, 0.717) is 35.7 Å². The summed E-state index contributed by atoms with van der Waals surface area (Å²) in [4.78, 5) is 27.2. The van der Waals surface area contributed by atoms with E-state index in [1.165, 1.54) is 19.3 Å². The molecule has 1 amide bonds. The van der Waals surface area contributed by atoms with Gasteiger partial charge >= 0.3 is 5.76 Å². The van der Waals surface area contributed by atoms with Crippen LogP contribution in [-0.4, -0.2) is 41.1 Å². The van der Waals surface area contributed by atoms with Gasteiger partial charge in [-0.05, 0) is 56.3 Å². The Labute approximate surface area is 169 Å². The number of amides is 1. The molecule has 2 aliphatic rings. The summed E-state index contributed by atoms with van der Waals surface area (Å²) in [7, 11) is 0. The van der Waals surface area contributed by atoms with Crippen molar-refractivity contribution in [1.82, 2.24) is 14.8 Å². The second-order valence-electron chi connectivity index (χ2n) is 8.32. The number of piperidine rings is 1. The lowest BCUT2D eigenvalue weighted by atomic mass is 9.86. The molecule has 152 valence electrons. The maximum Gasteiger partial charge on any atom is 0.420 e. The average molecular weight is 406 g/mol. The number of nitrogens with zero attached hydrogens (tertiary/aromatic N) is 2. The summed E-state index contributed by atoms with van der Waals surface area (Å²) < 4.78 is 7.09. The van der Waals surface area contributed by atoms with E-state index in [9.17, 15) is 9.59 Å². The summed E-state index contributed by atoms with van der Waals surface area (Å²) in [5.74, 6) is 0.281. The van der Waals surface area contributed by atoms with Crippen molar-refractivity contribution in [2.24, 2.45) is 5.92 Å². The molecule has 7 heteroatoms. The molecular weight excluding hydrogens is 378 g/mol. The van der Waals surface area contributed by atoms with Crippen LogP contribution in [0.5, 0.6) is 0 Å². The fraction of sp³-hybridized carbons (Fsp3) is 0.619. The van der Waals surface area contributed by atoms with Crippen LogP contribution in [0, 0.1) is 5.92 Å². The van der Waals surface area contributed by atoms with Crippen molar-refractivity contribution in [3.63, 3.8) is 0 Å². The third-order valence-electron chi connectivity index (χ3n) is 6.25. The van der Waals surface area contributed by atoms with Crippen LogP contribution in [-0.2, 0) is 4.79 Å². The van der Waals surface area contributed by atoms with Gasteiger partial charge in [0.25, 0.3) is 0 Å². The lowest BCUT2D eigenvalue weighted by molar-refractivity contribution is -0.123. The first-order valence-corrected chi connectivity index (χ1v) is 10.7. The quantitative estimate of drug-likeness (QED) is 0.844. The molecule has 1 saturated carbocycles. The fourth-order valence-corrected chi connectivity index (χ4v) is 4.89. The maximum absolute atomic E-state index is 12.6. The molecule has 0 bridgehead atoms. The van der Waals surface area contributed by atoms with E-state index in [1.54, 1.807) is 22.8 Å². The summed E-state index contributed by atoms with van der Waals surface area (Å²) in [6.45, 7) is 4.14. The molecule has 0 unspecified atom stereocenters. The van der Waals surface area contributed by atoms with Crippen molar-refractivity contribution < 1.29 is 9.21 Å². The minimum atomic E-state index is -0.357. The number of halogens is 1. The third kappa shape index (κ3) is 4.13. The third-order valence-corrected chi connectivity index (χ3v) is 6.48. The van der Waals surface area contributed by atoms with Gasteiger partial charge in [-0.25, -0.2) is 4.79 Å². The minimum Gasteiger partial charge on any atom is -0.408 e. The molecule has 3 atom stereocenters. The highest BCUT2D eigenvalue weighted by atomic mass is 35.5. The van der Waals surface area contributed by atoms with Crippen LogP contribution >= 0.6 is 11.6 Å². The molecule has 2 fully saturated rings. The Kier molecular flexibility index (Phi) is 5.78. The molecule has 1 N–H and O–H groups in total. The molecular formula is C21H28ClN3O3. The van der Waals surface area contributed by atoms with Crippen molar-refractivity contribution in [2.45, 2.75) is 57.5 Å². The SMILES string of the molecule is C[C@@H]1CCCC[C@@H]1NC(=O)CN1CCC[C@H](n2c(=O)oc3ccc(Cl)cc32)C1. The first kappa shape index (κ1) is 19.5. The Bertz CT molecular complexity index is 906. The average Bonchev–Trinajstić information content (AvgIpc) is 2.99. The second-order valence-corrected chi connectivity index (χ2v) is 8.75. The number of oxazole rings is 1. The van der Waals surface area contributed by atoms with Gasteiger partial charge in [0.1, 0.15) is 0 Å². The summed E-state index contributed by atoms with van der Waals surface area (Å²) in [5, 5.41) is 3.81. The van der Waals surface area contributed by atoms with Crippen molar-refractivity contribution in [1.29, 1.82) is 0 Å². The highest BCUT2D eigenvalue weighted by Gasteiger charge is 2.28. The molecule has 0 spiro atoms. The largest absolute Gasteiger partial charge is 0.420 e. The molecule has 1 aromatic heterocycles. The number of hydrogen-bond acceptors (Lipinski definition) is 4. The van der Waals surface area contributed by atoms with Crippen LogP contribution in [0.1, 0.15) is 51.5 Å². The lowest BCUT2D eigenvalue weighted by Crippen LogP contribution is -2.48. The lowest BCUT2D eigenvalue weighted by Gasteiger charge is -2.34. The number of nitrogens with one attached hydrogen (secondary N) is 1. The number of aromatic nitrogens is 1. The van der Waals surface area contributed by atoms with Crippen LogP contribution < -0.4 is 11.1 Å². The monoisotopic (exact) mass is 405 g/mol. The van der Waals surface area contributed by atoms with E-state index >= 15 is 0 Å². The number of likely N-dealkylation sites (tertiary alicyclic amines) is 1. The van der Waals surface area contributed by atoms with Gasteiger partial charge in [0.05, 0.1) is 18.1 Å². The van der Waals surface area contributed by atoms with Gasteiger partial charge in [-0.3, -0.25) is 14.3 Å². The molecule has 1 aromatic carbocycles. The molecule has 1 aliphatic heterocycles. The number of benzene rings is 1. The zero-order chi connectivity index (χ0) is 19.7. The molecule has 2 heterocycles. The van der Waals surface area contributed by atoms with Gasteiger partial charge in [-0.2, -0.15) is 0 Å². The minimum absolute atomic E-state index is 0.0117. The standard InChI is InChI=1S/C21H28ClN3O3/c1-14-5-2-3-7-17(14)23-20(26)13-24-10-4-6-16(12-24)25-18-11-15(22)8-9-19(18)28-21(25)27/h8-9,11,14,16-17H,2-7,10,12-13H2,1H3,(H,23,26)/t14-,16+,17+/m1/s1. The predicted molar refractivity (Wildman–Crippen MR) is 110 cm³/mol. The topological polar surface area (TPSA) is 67.5 Å². The van der Waals surface area contributed by atoms with E-state index in [-0.39, 0.29) is 17.7 Å². The van der Waals surface area contributed by atoms with E-state index < -0.39 is 0 Å². The van der Waals surface area contributed by atoms with Gasteiger partial charge in [-0.1, -0.05) is 31.4 Å². The smallest absolute Gasteiger partial charge is 0.408 e. The van der Waals surface area contributed by atoms with Gasteiger partial charge < -0.3 is 9.73 Å². The molecule has 6 nitrogen and oxygen atoms in total. The van der Waals surface area contributed by atoms with Gasteiger partial charge in [-0.15, -0.1) is 0 Å². The highest BCUT2D eigenvalue weighted by molar-refractivity contribution is 6.31. The first-order chi connectivity index (χ1) is 13.5. The number of carbonyl (C=O) groups excluding carboxylic acids is 1. The number of fused-ring (bicyclic) bond motifs is 1. The van der Waals surface area contributed by atoms with E-state index in [1.807, 2.05) is 0 Å². The molecule has 2 aromatic rings. The second kappa shape index (κ2) is 8.29. The van der Waals surface area contributed by atoms with Crippen LogP contribution in [0.3, 0.4) is 0 Å². The van der Waals surface area contributed by atoms with Crippen LogP contribution in [0.15, 0.2) is 27.4 Å². The van der Waals surface area contributed by atoms with E-state index in [0.717, 1.165) is 31.3 Å². The predicted octanol–water partition coefficient (Wildman–Crippen LogP) is 3.58. The van der Waals surface area contributed by atoms with Crippen molar-refractivity contribution in [3.05, 3.63) is 33.8 Å². The normalized spacial score (nSPS) is 26.4. The van der Waals surface area contributed by atoms with Crippen molar-refractivity contribution in [2.75, 3.05) is 19.6 Å². The van der Waals surface area contributed by atoms with Gasteiger partial charge in [0.2, 0.25) is 5.91 Å². The van der Waals surface area contributed by atoms with Crippen molar-refractivity contribution >= 4 is 28.6 Å². The van der Waals surface area contributed by atoms with Crippen molar-refractivity contribution in [3.8, 4) is 0 Å². The van der Waals surface area contributed by atoms with E-state index in [2.05, 4.69) is 17.1 Å². The number of rotatable bonds is 4. The summed E-state index contributed by atoms with van der Waals surface area (Å²) in [5.41, 5.74) is 1.28. The zero-order valence-corrected chi connectivity index (χ0v) is 17.1. The molecule has 0 radical (unpaired) electrons. The first-order valence-electron chi connectivity index (χ1n) is 10.3. The maximum atomic E-state index is 12.6.